The highest BCUT2D eigenvalue weighted by atomic mass is 19.3. The van der Waals surface area contributed by atoms with Gasteiger partial charge in [0.1, 0.15) is 0 Å². The van der Waals surface area contributed by atoms with Gasteiger partial charge >= 0.3 is 0 Å². The molecule has 0 aromatic heterocycles. The van der Waals surface area contributed by atoms with Gasteiger partial charge in [0, 0.05) is 5.56 Å². The number of nitrogens with two attached hydrogens (primary N) is 1. The number of alkyl halides is 2. The van der Waals surface area contributed by atoms with Crippen molar-refractivity contribution in [3.8, 4) is 5.75 Å². The number of carbonyl (C=O) groups excluding carboxylic acids is 1. The fourth-order valence-electron chi connectivity index (χ4n) is 1.18. The second kappa shape index (κ2) is 5.72. The van der Waals surface area contributed by atoms with Gasteiger partial charge in [-0.2, -0.15) is 0 Å². The number of hydrogen-bond donors (Lipinski definition) is 2. The summed E-state index contributed by atoms with van der Waals surface area (Å²) in [7, 11) is 1.24. The average Bonchev–Trinajstić information content (AvgIpc) is 2.36. The van der Waals surface area contributed by atoms with Crippen LogP contribution in [0.1, 0.15) is 10.4 Å². The Morgan fingerprint density at radius 1 is 1.50 bits per heavy atom. The molecule has 0 saturated heterocycles. The van der Waals surface area contributed by atoms with E-state index in [2.05, 4.69) is 4.74 Å². The van der Waals surface area contributed by atoms with Gasteiger partial charge in [0.05, 0.1) is 20.2 Å². The Morgan fingerprint density at radius 2 is 2.17 bits per heavy atom. The third-order valence-corrected chi connectivity index (χ3v) is 2.22. The van der Waals surface area contributed by atoms with Gasteiger partial charge in [-0.15, -0.1) is 0 Å². The van der Waals surface area contributed by atoms with Crippen LogP contribution in [0.5, 0.6) is 5.75 Å². The van der Waals surface area contributed by atoms with Crippen molar-refractivity contribution in [3.63, 3.8) is 0 Å². The third-order valence-electron chi connectivity index (χ3n) is 2.22. The van der Waals surface area contributed by atoms with E-state index in [0.717, 1.165) is 12.1 Å². The van der Waals surface area contributed by atoms with Gasteiger partial charge < -0.3 is 15.8 Å². The first-order valence-electron chi connectivity index (χ1n) is 5.09. The molecular formula is C11H13F3N2O2. The van der Waals surface area contributed by atoms with Crippen LogP contribution in [0, 0.1) is 5.82 Å². The lowest BCUT2D eigenvalue weighted by molar-refractivity contribution is 0.0118. The topological polar surface area (TPSA) is 64.3 Å². The predicted molar refractivity (Wildman–Crippen MR) is 59.3 cm³/mol. The van der Waals surface area contributed by atoms with Crippen LogP contribution >= 0.6 is 0 Å². The Bertz CT molecular complexity index is 438. The molecule has 1 aromatic carbocycles. The summed E-state index contributed by atoms with van der Waals surface area (Å²) in [6.07, 6.45) is 0. The summed E-state index contributed by atoms with van der Waals surface area (Å²) in [6, 6.07) is 3.33. The van der Waals surface area contributed by atoms with Crippen LogP contribution in [0.25, 0.3) is 0 Å². The largest absolute Gasteiger partial charge is 0.494 e. The average molecular weight is 262 g/mol. The molecule has 0 bridgehead atoms. The minimum Gasteiger partial charge on any atom is -0.494 e. The minimum absolute atomic E-state index is 0.0288. The lowest BCUT2D eigenvalue weighted by Gasteiger charge is -2.14. The molecule has 1 amide bonds. The van der Waals surface area contributed by atoms with E-state index >= 15 is 0 Å². The van der Waals surface area contributed by atoms with Crippen LogP contribution in [-0.4, -0.2) is 32.0 Å². The quantitative estimate of drug-likeness (QED) is 0.837. The summed E-state index contributed by atoms with van der Waals surface area (Å²) in [5.41, 5.74) is 4.85. The third kappa shape index (κ3) is 3.63. The van der Waals surface area contributed by atoms with E-state index in [1.54, 1.807) is 0 Å². The first-order chi connectivity index (χ1) is 8.39. The smallest absolute Gasteiger partial charge is 0.277 e. The van der Waals surface area contributed by atoms with Gasteiger partial charge in [-0.1, -0.05) is 0 Å². The van der Waals surface area contributed by atoms with Crippen LogP contribution in [0.3, 0.4) is 0 Å². The van der Waals surface area contributed by atoms with Crippen molar-refractivity contribution in [1.29, 1.82) is 0 Å². The molecule has 0 aliphatic rings. The van der Waals surface area contributed by atoms with Crippen LogP contribution in [0.15, 0.2) is 18.2 Å². The summed E-state index contributed by atoms with van der Waals surface area (Å²) in [6.45, 7) is -1.73. The standard InChI is InChI=1S/C11H13F3N2O2/c1-18-9-4-7(2-3-8(9)12)10(17)16-6-11(13,14)5-15/h2-4H,5-6,15H2,1H3,(H,16,17). The van der Waals surface area contributed by atoms with Crippen molar-refractivity contribution < 1.29 is 22.7 Å². The number of methoxy groups -OCH3 is 1. The van der Waals surface area contributed by atoms with Gasteiger partial charge in [-0.3, -0.25) is 4.79 Å². The van der Waals surface area contributed by atoms with Gasteiger partial charge in [-0.05, 0) is 18.2 Å². The Kier molecular flexibility index (Phi) is 4.55. The maximum atomic E-state index is 13.1. The van der Waals surface area contributed by atoms with E-state index in [-0.39, 0.29) is 11.3 Å². The molecule has 1 rings (SSSR count). The summed E-state index contributed by atoms with van der Waals surface area (Å²) < 4.78 is 43.4. The number of rotatable bonds is 5. The summed E-state index contributed by atoms with van der Waals surface area (Å²) in [4.78, 5) is 11.5. The van der Waals surface area contributed by atoms with E-state index < -0.39 is 30.7 Å². The molecule has 0 heterocycles. The van der Waals surface area contributed by atoms with Crippen molar-refractivity contribution in [2.45, 2.75) is 5.92 Å². The number of nitrogens with one attached hydrogen (secondary N) is 1. The fraction of sp³-hybridized carbons (Fsp3) is 0.364. The van der Waals surface area contributed by atoms with Crippen LogP contribution < -0.4 is 15.8 Å². The molecule has 0 unspecified atom stereocenters. The number of hydrogen-bond acceptors (Lipinski definition) is 3. The Balaban J connectivity index is 2.73. The van der Waals surface area contributed by atoms with Gasteiger partial charge in [0.15, 0.2) is 11.6 Å². The fourth-order valence-corrected chi connectivity index (χ4v) is 1.18. The molecule has 18 heavy (non-hydrogen) atoms. The molecule has 0 spiro atoms. The van der Waals surface area contributed by atoms with Gasteiger partial charge in [0.2, 0.25) is 0 Å². The molecule has 100 valence electrons. The first kappa shape index (κ1) is 14.3. The van der Waals surface area contributed by atoms with Crippen molar-refractivity contribution in [2.24, 2.45) is 5.73 Å². The first-order valence-corrected chi connectivity index (χ1v) is 5.09. The molecule has 4 nitrogen and oxygen atoms in total. The van der Waals surface area contributed by atoms with Crippen LogP contribution in [0.4, 0.5) is 13.2 Å². The van der Waals surface area contributed by atoms with Crippen molar-refractivity contribution in [1.82, 2.24) is 5.32 Å². The molecular weight excluding hydrogens is 249 g/mol. The number of halogens is 3. The van der Waals surface area contributed by atoms with Gasteiger partial charge in [0.25, 0.3) is 11.8 Å². The number of benzene rings is 1. The highest BCUT2D eigenvalue weighted by molar-refractivity contribution is 5.94. The molecule has 0 saturated carbocycles. The predicted octanol–water partition coefficient (Wildman–Crippen LogP) is 1.16. The zero-order valence-electron chi connectivity index (χ0n) is 9.67. The van der Waals surface area contributed by atoms with Crippen LogP contribution in [0.2, 0.25) is 0 Å². The van der Waals surface area contributed by atoms with Crippen molar-refractivity contribution >= 4 is 5.91 Å². The number of carbonyl (C=O) groups is 1. The maximum absolute atomic E-state index is 13.1. The molecule has 0 atom stereocenters. The molecule has 0 aliphatic heterocycles. The Morgan fingerprint density at radius 3 is 2.72 bits per heavy atom. The maximum Gasteiger partial charge on any atom is 0.277 e. The van der Waals surface area contributed by atoms with E-state index in [0.29, 0.717) is 0 Å². The molecule has 0 radical (unpaired) electrons. The molecule has 0 fully saturated rings. The zero-order chi connectivity index (χ0) is 13.8. The molecule has 7 heteroatoms. The summed E-state index contributed by atoms with van der Waals surface area (Å²) >= 11 is 0. The summed E-state index contributed by atoms with van der Waals surface area (Å²) in [5, 5.41) is 2.01. The minimum atomic E-state index is -3.17. The van der Waals surface area contributed by atoms with Crippen molar-refractivity contribution in [2.75, 3.05) is 20.2 Å². The second-order valence-corrected chi connectivity index (χ2v) is 3.59. The normalized spacial score (nSPS) is 11.2. The number of amides is 1. The lowest BCUT2D eigenvalue weighted by atomic mass is 10.2. The lowest BCUT2D eigenvalue weighted by Crippen LogP contribution is -2.41. The molecule has 3 N–H and O–H groups in total. The van der Waals surface area contributed by atoms with Crippen LogP contribution in [-0.2, 0) is 0 Å². The Hall–Kier alpha value is -1.76. The van der Waals surface area contributed by atoms with E-state index in [4.69, 9.17) is 5.73 Å². The second-order valence-electron chi connectivity index (χ2n) is 3.59. The highest BCUT2D eigenvalue weighted by Gasteiger charge is 2.27. The van der Waals surface area contributed by atoms with E-state index in [1.165, 1.54) is 13.2 Å². The SMILES string of the molecule is COc1cc(C(=O)NCC(F)(F)CN)ccc1F. The zero-order valence-corrected chi connectivity index (χ0v) is 9.67. The molecule has 0 aliphatic carbocycles. The van der Waals surface area contributed by atoms with E-state index in [9.17, 15) is 18.0 Å². The molecule has 1 aromatic rings. The van der Waals surface area contributed by atoms with Gasteiger partial charge in [-0.25, -0.2) is 13.2 Å². The Labute approximate surface area is 102 Å². The monoisotopic (exact) mass is 262 g/mol. The van der Waals surface area contributed by atoms with E-state index in [1.807, 2.05) is 5.32 Å². The number of ether oxygens (including phenoxy) is 1. The highest BCUT2D eigenvalue weighted by Crippen LogP contribution is 2.18. The summed E-state index contributed by atoms with van der Waals surface area (Å²) in [5.74, 6) is -4.68. The van der Waals surface area contributed by atoms with Crippen molar-refractivity contribution in [3.05, 3.63) is 29.6 Å².